The molecule has 1 fully saturated rings. The summed E-state index contributed by atoms with van der Waals surface area (Å²) in [6.07, 6.45) is 4.81. The van der Waals surface area contributed by atoms with Crippen LogP contribution in [0.1, 0.15) is 26.7 Å². The molecule has 1 aliphatic rings. The maximum Gasteiger partial charge on any atom is 0.0746 e. The van der Waals surface area contributed by atoms with Gasteiger partial charge in [-0.15, -0.1) is 0 Å². The van der Waals surface area contributed by atoms with E-state index >= 15 is 0 Å². The second kappa shape index (κ2) is 8.37. The Kier molecular flexibility index (Phi) is 8.57. The van der Waals surface area contributed by atoms with Crippen LogP contribution in [0.25, 0.3) is 0 Å². The number of nitrogens with one attached hydrogen (secondary N) is 1. The normalized spacial score (nSPS) is 18.8. The molecule has 1 saturated heterocycles. The zero-order valence-electron chi connectivity index (χ0n) is 7.72. The Bertz CT molecular complexity index is 71.7. The highest BCUT2D eigenvalue weighted by Gasteiger charge is 2.11. The van der Waals surface area contributed by atoms with Crippen LogP contribution in [0, 0.1) is 0 Å². The maximum absolute atomic E-state index is 5.36. The summed E-state index contributed by atoms with van der Waals surface area (Å²) >= 11 is 1.48. The summed E-state index contributed by atoms with van der Waals surface area (Å²) < 4.78 is 5.36. The molecule has 1 N–H and O–H groups in total. The van der Waals surface area contributed by atoms with Crippen LogP contribution in [-0.4, -0.2) is 25.4 Å². The van der Waals surface area contributed by atoms with E-state index in [0.717, 1.165) is 13.1 Å². The minimum absolute atomic E-state index is 0.501. The molecule has 0 radical (unpaired) electrons. The zero-order valence-corrected chi connectivity index (χ0v) is 8.54. The van der Waals surface area contributed by atoms with Crippen molar-refractivity contribution in [2.75, 3.05) is 19.3 Å². The monoisotopic (exact) mass is 177 g/mol. The molecule has 1 rings (SSSR count). The van der Waals surface area contributed by atoms with Crippen molar-refractivity contribution in [3.8, 4) is 0 Å². The highest BCUT2D eigenvalue weighted by atomic mass is 32.2. The first-order valence-corrected chi connectivity index (χ1v) is 5.48. The van der Waals surface area contributed by atoms with Crippen molar-refractivity contribution in [3.63, 3.8) is 0 Å². The standard InChI is InChI=1S/C6H13NOS.C2H6/c1-9-8-6-2-4-7-5-3-6;1-2/h6-7H,2-5H2,1H3;1-2H3. The van der Waals surface area contributed by atoms with Crippen molar-refractivity contribution in [1.29, 1.82) is 0 Å². The first-order chi connectivity index (χ1) is 5.43. The van der Waals surface area contributed by atoms with Crippen LogP contribution in [0.4, 0.5) is 0 Å². The Morgan fingerprint density at radius 1 is 1.27 bits per heavy atom. The largest absolute Gasteiger partial charge is 0.317 e. The van der Waals surface area contributed by atoms with E-state index < -0.39 is 0 Å². The number of rotatable bonds is 2. The summed E-state index contributed by atoms with van der Waals surface area (Å²) in [4.78, 5) is 0. The molecular formula is C8H19NOS. The lowest BCUT2D eigenvalue weighted by molar-refractivity contribution is 0.195. The third-order valence-electron chi connectivity index (χ3n) is 1.52. The molecular weight excluding hydrogens is 158 g/mol. The number of piperidine rings is 1. The molecule has 0 spiro atoms. The van der Waals surface area contributed by atoms with E-state index in [1.807, 2.05) is 20.1 Å². The molecule has 0 unspecified atom stereocenters. The number of hydrogen-bond donors (Lipinski definition) is 1. The minimum Gasteiger partial charge on any atom is -0.317 e. The van der Waals surface area contributed by atoms with Gasteiger partial charge < -0.3 is 9.50 Å². The third kappa shape index (κ3) is 5.53. The van der Waals surface area contributed by atoms with Crippen molar-refractivity contribution in [2.24, 2.45) is 0 Å². The lowest BCUT2D eigenvalue weighted by Crippen LogP contribution is -2.31. The van der Waals surface area contributed by atoms with Crippen LogP contribution in [0.5, 0.6) is 0 Å². The Balaban J connectivity index is 0.000000461. The van der Waals surface area contributed by atoms with E-state index in [4.69, 9.17) is 4.18 Å². The fourth-order valence-corrected chi connectivity index (χ4v) is 1.49. The molecule has 0 saturated carbocycles. The third-order valence-corrected chi connectivity index (χ3v) is 1.98. The van der Waals surface area contributed by atoms with Crippen LogP contribution < -0.4 is 5.32 Å². The van der Waals surface area contributed by atoms with Gasteiger partial charge in [0.05, 0.1) is 6.10 Å². The lowest BCUT2D eigenvalue weighted by atomic mass is 10.1. The summed E-state index contributed by atoms with van der Waals surface area (Å²) in [5.41, 5.74) is 0. The van der Waals surface area contributed by atoms with E-state index in [1.165, 1.54) is 24.9 Å². The average Bonchev–Trinajstić information content (AvgIpc) is 2.11. The van der Waals surface area contributed by atoms with E-state index in [0.29, 0.717) is 6.10 Å². The molecule has 0 aromatic rings. The predicted octanol–water partition coefficient (Wildman–Crippen LogP) is 2.06. The molecule has 0 bridgehead atoms. The first-order valence-electron chi connectivity index (χ1n) is 4.33. The topological polar surface area (TPSA) is 21.3 Å². The molecule has 2 nitrogen and oxygen atoms in total. The second-order valence-corrected chi connectivity index (χ2v) is 2.74. The van der Waals surface area contributed by atoms with Crippen molar-refractivity contribution in [1.82, 2.24) is 5.32 Å². The fourth-order valence-electron chi connectivity index (χ4n) is 1.03. The predicted molar refractivity (Wildman–Crippen MR) is 51.8 cm³/mol. The quantitative estimate of drug-likeness (QED) is 0.652. The molecule has 68 valence electrons. The second-order valence-electron chi connectivity index (χ2n) is 2.21. The lowest BCUT2D eigenvalue weighted by Gasteiger charge is -2.20. The summed E-state index contributed by atoms with van der Waals surface area (Å²) in [6.45, 7) is 6.23. The van der Waals surface area contributed by atoms with E-state index in [2.05, 4.69) is 5.32 Å². The van der Waals surface area contributed by atoms with Gasteiger partial charge in [0.1, 0.15) is 0 Å². The molecule has 0 aromatic heterocycles. The Morgan fingerprint density at radius 3 is 2.27 bits per heavy atom. The van der Waals surface area contributed by atoms with Gasteiger partial charge in [-0.1, -0.05) is 13.8 Å². The molecule has 0 amide bonds. The minimum atomic E-state index is 0.501. The van der Waals surface area contributed by atoms with Gasteiger partial charge in [0.25, 0.3) is 0 Å². The van der Waals surface area contributed by atoms with Crippen LogP contribution in [-0.2, 0) is 4.18 Å². The van der Waals surface area contributed by atoms with Gasteiger partial charge in [-0.3, -0.25) is 0 Å². The number of hydrogen-bond acceptors (Lipinski definition) is 3. The molecule has 0 atom stereocenters. The molecule has 11 heavy (non-hydrogen) atoms. The Morgan fingerprint density at radius 2 is 1.82 bits per heavy atom. The average molecular weight is 177 g/mol. The molecule has 0 aliphatic carbocycles. The summed E-state index contributed by atoms with van der Waals surface area (Å²) in [5.74, 6) is 0. The van der Waals surface area contributed by atoms with Crippen molar-refractivity contribution < 1.29 is 4.18 Å². The van der Waals surface area contributed by atoms with Gasteiger partial charge >= 0.3 is 0 Å². The van der Waals surface area contributed by atoms with Gasteiger partial charge in [-0.25, -0.2) is 0 Å². The van der Waals surface area contributed by atoms with Gasteiger partial charge in [0.2, 0.25) is 0 Å². The van der Waals surface area contributed by atoms with Crippen molar-refractivity contribution in [2.45, 2.75) is 32.8 Å². The highest BCUT2D eigenvalue weighted by Crippen LogP contribution is 2.12. The van der Waals surface area contributed by atoms with Crippen LogP contribution in [0.3, 0.4) is 0 Å². The van der Waals surface area contributed by atoms with E-state index in [-0.39, 0.29) is 0 Å². The molecule has 0 aromatic carbocycles. The summed E-state index contributed by atoms with van der Waals surface area (Å²) in [5, 5.41) is 3.28. The van der Waals surface area contributed by atoms with Crippen LogP contribution in [0.2, 0.25) is 0 Å². The van der Waals surface area contributed by atoms with Gasteiger partial charge in [0, 0.05) is 6.26 Å². The van der Waals surface area contributed by atoms with Crippen LogP contribution >= 0.6 is 12.0 Å². The first kappa shape index (κ1) is 11.3. The van der Waals surface area contributed by atoms with Crippen LogP contribution in [0.15, 0.2) is 0 Å². The fraction of sp³-hybridized carbons (Fsp3) is 1.00. The molecule has 1 aliphatic heterocycles. The van der Waals surface area contributed by atoms with Crippen molar-refractivity contribution >= 4 is 12.0 Å². The SMILES string of the molecule is CC.CSOC1CCNCC1. The summed E-state index contributed by atoms with van der Waals surface area (Å²) in [6, 6.07) is 0. The zero-order chi connectivity index (χ0) is 8.53. The van der Waals surface area contributed by atoms with Crippen molar-refractivity contribution in [3.05, 3.63) is 0 Å². The van der Waals surface area contributed by atoms with Gasteiger partial charge in [-0.05, 0) is 38.0 Å². The van der Waals surface area contributed by atoms with E-state index in [1.54, 1.807) is 0 Å². The van der Waals surface area contributed by atoms with Gasteiger partial charge in [0.15, 0.2) is 0 Å². The maximum atomic E-state index is 5.36. The molecule has 3 heteroatoms. The molecule has 1 heterocycles. The Hall–Kier alpha value is 0.270. The summed E-state index contributed by atoms with van der Waals surface area (Å²) in [7, 11) is 0. The highest BCUT2D eigenvalue weighted by molar-refractivity contribution is 7.93. The Labute approximate surface area is 74.3 Å². The van der Waals surface area contributed by atoms with Gasteiger partial charge in [-0.2, -0.15) is 0 Å². The smallest absolute Gasteiger partial charge is 0.0746 e. The van der Waals surface area contributed by atoms with E-state index in [9.17, 15) is 0 Å².